The molecule has 0 atom stereocenters. The van der Waals surface area contributed by atoms with Crippen LogP contribution in [0.1, 0.15) is 29.9 Å². The molecule has 0 bridgehead atoms. The van der Waals surface area contributed by atoms with Gasteiger partial charge in [-0.2, -0.15) is 0 Å². The second-order valence-corrected chi connectivity index (χ2v) is 8.46. The number of hydrogen-bond donors (Lipinski definition) is 0. The van der Waals surface area contributed by atoms with E-state index in [2.05, 4.69) is 4.98 Å². The van der Waals surface area contributed by atoms with E-state index in [-0.39, 0.29) is 37.1 Å². The predicted octanol–water partition coefficient (Wildman–Crippen LogP) is 5.73. The number of likely N-dealkylation sites (N-methyl/N-ethyl adjacent to an activating group) is 1. The Balaban J connectivity index is 1.77. The van der Waals surface area contributed by atoms with E-state index in [0.29, 0.717) is 0 Å². The maximum atomic E-state index is 12.5. The van der Waals surface area contributed by atoms with Gasteiger partial charge in [0.25, 0.3) is 0 Å². The Labute approximate surface area is 188 Å². The molecule has 152 valence electrons. The number of anilines is 1. The third-order valence-electron chi connectivity index (χ3n) is 4.76. The van der Waals surface area contributed by atoms with Gasteiger partial charge in [-0.1, -0.05) is 78.5 Å². The molecular formula is C20H16Cl4N2O3. The van der Waals surface area contributed by atoms with Crippen LogP contribution in [0.3, 0.4) is 0 Å². The van der Waals surface area contributed by atoms with Crippen LogP contribution in [0, 0.1) is 0 Å². The van der Waals surface area contributed by atoms with Crippen LogP contribution in [0.5, 0.6) is 0 Å². The molecule has 0 aliphatic carbocycles. The highest BCUT2D eigenvalue weighted by Gasteiger charge is 2.38. The molecular weight excluding hydrogens is 458 g/mol. The van der Waals surface area contributed by atoms with Gasteiger partial charge in [0.1, 0.15) is 5.15 Å². The third kappa shape index (κ3) is 3.97. The number of esters is 1. The molecule has 1 aliphatic heterocycles. The summed E-state index contributed by atoms with van der Waals surface area (Å²) in [7, 11) is 1.89. The summed E-state index contributed by atoms with van der Waals surface area (Å²) in [4.78, 5) is 30.5. The molecule has 5 nitrogen and oxygen atoms in total. The van der Waals surface area contributed by atoms with E-state index >= 15 is 0 Å². The van der Waals surface area contributed by atoms with Gasteiger partial charge in [0.05, 0.1) is 15.1 Å². The predicted molar refractivity (Wildman–Crippen MR) is 116 cm³/mol. The maximum absolute atomic E-state index is 12.5. The molecule has 0 saturated heterocycles. The summed E-state index contributed by atoms with van der Waals surface area (Å²) in [6.45, 7) is 3.57. The Morgan fingerprint density at radius 3 is 2.41 bits per heavy atom. The molecule has 0 radical (unpaired) electrons. The van der Waals surface area contributed by atoms with Crippen LogP contribution in [0.25, 0.3) is 0 Å². The number of nitrogens with zero attached hydrogens (tertiary/aromatic N) is 2. The number of rotatable bonds is 4. The highest BCUT2D eigenvalue weighted by atomic mass is 35.5. The number of ketones is 1. The van der Waals surface area contributed by atoms with Gasteiger partial charge in [-0.15, -0.1) is 0 Å². The zero-order chi connectivity index (χ0) is 21.5. The van der Waals surface area contributed by atoms with E-state index in [1.54, 1.807) is 0 Å². The molecule has 0 saturated carbocycles. The number of benzene rings is 1. The van der Waals surface area contributed by atoms with Crippen molar-refractivity contribution in [3.63, 3.8) is 0 Å². The van der Waals surface area contributed by atoms with Gasteiger partial charge in [-0.3, -0.25) is 4.79 Å². The quantitative estimate of drug-likeness (QED) is 0.322. The van der Waals surface area contributed by atoms with Gasteiger partial charge in [0.2, 0.25) is 0 Å². The van der Waals surface area contributed by atoms with Gasteiger partial charge < -0.3 is 9.64 Å². The van der Waals surface area contributed by atoms with Crippen molar-refractivity contribution in [3.8, 4) is 0 Å². The molecule has 2 heterocycles. The number of aromatic nitrogens is 1. The lowest BCUT2D eigenvalue weighted by molar-refractivity contribution is -0.117. The molecule has 0 unspecified atom stereocenters. The summed E-state index contributed by atoms with van der Waals surface area (Å²) >= 11 is 23.6. The number of allylic oxidation sites excluding steroid dienone is 1. The first kappa shape index (κ1) is 21.9. The number of hydrogen-bond acceptors (Lipinski definition) is 5. The maximum Gasteiger partial charge on any atom is 0.359 e. The molecule has 0 amide bonds. The highest BCUT2D eigenvalue weighted by molar-refractivity contribution is 6.52. The normalized spacial score (nSPS) is 16.1. The number of fused-ring (bicyclic) bond motifs is 1. The molecule has 2 aromatic rings. The van der Waals surface area contributed by atoms with Crippen LogP contribution >= 0.6 is 46.4 Å². The molecule has 1 aromatic carbocycles. The second kappa shape index (κ2) is 8.15. The first-order valence-corrected chi connectivity index (χ1v) is 10.0. The molecule has 0 fully saturated rings. The highest BCUT2D eigenvalue weighted by Crippen LogP contribution is 2.46. The molecule has 3 rings (SSSR count). The largest absolute Gasteiger partial charge is 0.453 e. The lowest BCUT2D eigenvalue weighted by atomic mass is 9.83. The van der Waals surface area contributed by atoms with Gasteiger partial charge in [0.15, 0.2) is 18.1 Å². The fourth-order valence-corrected chi connectivity index (χ4v) is 4.09. The first-order chi connectivity index (χ1) is 13.6. The number of para-hydroxylation sites is 1. The topological polar surface area (TPSA) is 59.5 Å². The minimum Gasteiger partial charge on any atom is -0.453 e. The fourth-order valence-electron chi connectivity index (χ4n) is 3.28. The molecule has 0 spiro atoms. The molecule has 1 aliphatic rings. The number of carbonyl (C=O) groups is 2. The Kier molecular flexibility index (Phi) is 6.16. The summed E-state index contributed by atoms with van der Waals surface area (Å²) in [5.41, 5.74) is 2.26. The van der Waals surface area contributed by atoms with E-state index in [9.17, 15) is 9.59 Å². The third-order valence-corrected chi connectivity index (χ3v) is 6.44. The summed E-state index contributed by atoms with van der Waals surface area (Å²) in [5.74, 6) is -1.31. The lowest BCUT2D eigenvalue weighted by Gasteiger charge is -2.23. The Morgan fingerprint density at radius 2 is 1.76 bits per heavy atom. The van der Waals surface area contributed by atoms with Crippen molar-refractivity contribution < 1.29 is 14.3 Å². The Bertz CT molecular complexity index is 1050. The van der Waals surface area contributed by atoms with Crippen molar-refractivity contribution in [1.82, 2.24) is 4.98 Å². The van der Waals surface area contributed by atoms with Gasteiger partial charge in [-0.25, -0.2) is 9.78 Å². The molecule has 29 heavy (non-hydrogen) atoms. The van der Waals surface area contributed by atoms with Gasteiger partial charge in [0, 0.05) is 29.9 Å². The minimum atomic E-state index is -0.926. The SMILES string of the molecule is CN1/C(=C/C(=O)COC(=O)c2nc(Cl)c(Cl)c(Cl)c2Cl)C(C)(C)c2ccccc21. The first-order valence-electron chi connectivity index (χ1n) is 8.51. The van der Waals surface area contributed by atoms with Crippen LogP contribution in [-0.2, 0) is 14.9 Å². The zero-order valence-corrected chi connectivity index (χ0v) is 18.7. The van der Waals surface area contributed by atoms with Crippen molar-refractivity contribution in [3.05, 3.63) is 67.5 Å². The Hall–Kier alpha value is -1.79. The number of halogens is 4. The van der Waals surface area contributed by atoms with Crippen molar-refractivity contribution in [2.45, 2.75) is 19.3 Å². The average molecular weight is 474 g/mol. The number of ether oxygens (including phenoxy) is 1. The van der Waals surface area contributed by atoms with Gasteiger partial charge in [-0.05, 0) is 11.6 Å². The van der Waals surface area contributed by atoms with Crippen molar-refractivity contribution in [2.75, 3.05) is 18.6 Å². The van der Waals surface area contributed by atoms with Gasteiger partial charge >= 0.3 is 5.97 Å². The summed E-state index contributed by atoms with van der Waals surface area (Å²) in [6, 6.07) is 7.92. The van der Waals surface area contributed by atoms with E-state index in [0.717, 1.165) is 16.9 Å². The fraction of sp³-hybridized carbons (Fsp3) is 0.250. The van der Waals surface area contributed by atoms with E-state index < -0.39 is 12.6 Å². The minimum absolute atomic E-state index is 0.0678. The van der Waals surface area contributed by atoms with Crippen LogP contribution in [0.4, 0.5) is 5.69 Å². The molecule has 9 heteroatoms. The number of carbonyl (C=O) groups excluding carboxylic acids is 2. The van der Waals surface area contributed by atoms with E-state index in [1.807, 2.05) is 50.1 Å². The summed E-state index contributed by atoms with van der Waals surface area (Å²) in [5, 5.41) is -0.555. The van der Waals surface area contributed by atoms with Crippen molar-refractivity contribution in [1.29, 1.82) is 0 Å². The van der Waals surface area contributed by atoms with Crippen LogP contribution in [-0.4, -0.2) is 30.4 Å². The van der Waals surface area contributed by atoms with Crippen molar-refractivity contribution >= 4 is 63.8 Å². The van der Waals surface area contributed by atoms with Crippen LogP contribution in [0.15, 0.2) is 36.0 Å². The van der Waals surface area contributed by atoms with E-state index in [1.165, 1.54) is 6.08 Å². The lowest BCUT2D eigenvalue weighted by Crippen LogP contribution is -2.25. The van der Waals surface area contributed by atoms with Crippen LogP contribution in [0.2, 0.25) is 20.2 Å². The number of pyridine rings is 1. The summed E-state index contributed by atoms with van der Waals surface area (Å²) in [6.07, 6.45) is 1.48. The molecule has 1 aromatic heterocycles. The van der Waals surface area contributed by atoms with E-state index in [4.69, 9.17) is 51.1 Å². The monoisotopic (exact) mass is 472 g/mol. The Morgan fingerprint density at radius 1 is 1.10 bits per heavy atom. The summed E-state index contributed by atoms with van der Waals surface area (Å²) < 4.78 is 5.05. The second-order valence-electron chi connectivity index (χ2n) is 6.97. The smallest absolute Gasteiger partial charge is 0.359 e. The standard InChI is InChI=1S/C20H16Cl4N2O3/c1-20(2)11-6-4-5-7-12(11)26(3)13(20)8-10(27)9-29-19(28)17-15(22)14(21)16(23)18(24)25-17/h4-8H,9H2,1-3H3/b13-8+. The molecule has 0 N–H and O–H groups in total. The zero-order valence-electron chi connectivity index (χ0n) is 15.7. The average Bonchev–Trinajstić information content (AvgIpc) is 2.88. The van der Waals surface area contributed by atoms with Crippen LogP contribution < -0.4 is 4.90 Å². The van der Waals surface area contributed by atoms with Crippen molar-refractivity contribution in [2.24, 2.45) is 0 Å².